The van der Waals surface area contributed by atoms with Crippen molar-refractivity contribution in [3.63, 3.8) is 0 Å². The van der Waals surface area contributed by atoms with Gasteiger partial charge in [-0.1, -0.05) is 41.9 Å². The molecule has 1 aliphatic rings. The predicted octanol–water partition coefficient (Wildman–Crippen LogP) is 3.67. The lowest BCUT2D eigenvalue weighted by Crippen LogP contribution is -2.35. The van der Waals surface area contributed by atoms with Crippen molar-refractivity contribution in [3.05, 3.63) is 34.3 Å². The fourth-order valence-corrected chi connectivity index (χ4v) is 2.62. The molecule has 1 amide bonds. The number of rotatable bonds is 3. The Morgan fingerprint density at radius 1 is 1.25 bits per heavy atom. The summed E-state index contributed by atoms with van der Waals surface area (Å²) in [7, 11) is 0. The van der Waals surface area contributed by atoms with E-state index in [1.54, 1.807) is 17.0 Å². The molecule has 0 N–H and O–H groups in total. The molecule has 1 saturated heterocycles. The van der Waals surface area contributed by atoms with Gasteiger partial charge >= 0.3 is 0 Å². The van der Waals surface area contributed by atoms with Gasteiger partial charge in [-0.05, 0) is 30.4 Å². The maximum atomic E-state index is 12.2. The molecule has 4 heteroatoms. The normalized spacial score (nSPS) is 18.8. The fourth-order valence-electron chi connectivity index (χ4n) is 2.36. The first-order valence-electron chi connectivity index (χ1n) is 6.94. The van der Waals surface area contributed by atoms with Crippen molar-refractivity contribution in [2.45, 2.75) is 33.1 Å². The quantitative estimate of drug-likeness (QED) is 0.789. The van der Waals surface area contributed by atoms with Crippen LogP contribution in [0.3, 0.4) is 0 Å². The Balaban J connectivity index is 2.03. The highest BCUT2D eigenvalue weighted by atomic mass is 79.9. The highest BCUT2D eigenvalue weighted by Crippen LogP contribution is 2.30. The number of halogens is 1. The van der Waals surface area contributed by atoms with Crippen LogP contribution in [0.15, 0.2) is 28.7 Å². The van der Waals surface area contributed by atoms with Gasteiger partial charge in [-0.25, -0.2) is 0 Å². The Bertz CT molecular complexity index is 508. The molecule has 1 heterocycles. The summed E-state index contributed by atoms with van der Waals surface area (Å²) in [6.45, 7) is 5.23. The molecule has 0 saturated carbocycles. The maximum Gasteiger partial charge on any atom is 0.222 e. The largest absolute Gasteiger partial charge is 0.335 e. The minimum absolute atomic E-state index is 0.00514. The number of hydrogen-bond acceptors (Lipinski definition) is 2. The molecule has 20 heavy (non-hydrogen) atoms. The van der Waals surface area contributed by atoms with Crippen molar-refractivity contribution >= 4 is 27.6 Å². The second-order valence-electron chi connectivity index (χ2n) is 6.16. The highest BCUT2D eigenvalue weighted by molar-refractivity contribution is 9.10. The highest BCUT2D eigenvalue weighted by Gasteiger charge is 2.28. The Kier molecular flexibility index (Phi) is 4.63. The zero-order valence-electron chi connectivity index (χ0n) is 12.0. The summed E-state index contributed by atoms with van der Waals surface area (Å²) >= 11 is 3.35. The van der Waals surface area contributed by atoms with Gasteiger partial charge in [-0.2, -0.15) is 0 Å². The van der Waals surface area contributed by atoms with E-state index >= 15 is 0 Å². The first-order valence-corrected chi connectivity index (χ1v) is 7.73. The third kappa shape index (κ3) is 3.92. The van der Waals surface area contributed by atoms with E-state index in [2.05, 4.69) is 29.8 Å². The van der Waals surface area contributed by atoms with Crippen molar-refractivity contribution in [3.8, 4) is 0 Å². The Hall–Kier alpha value is -1.16. The number of nitrogens with zero attached hydrogens (tertiary/aromatic N) is 1. The van der Waals surface area contributed by atoms with Crippen LogP contribution in [0.4, 0.5) is 0 Å². The first-order chi connectivity index (χ1) is 9.37. The van der Waals surface area contributed by atoms with E-state index in [0.717, 1.165) is 17.3 Å². The first kappa shape index (κ1) is 15.2. The zero-order chi connectivity index (χ0) is 14.8. The van der Waals surface area contributed by atoms with Gasteiger partial charge in [0.25, 0.3) is 0 Å². The van der Waals surface area contributed by atoms with Crippen LogP contribution >= 0.6 is 15.9 Å². The summed E-state index contributed by atoms with van der Waals surface area (Å²) in [6.07, 6.45) is 2.39. The molecule has 0 spiro atoms. The van der Waals surface area contributed by atoms with E-state index in [9.17, 15) is 9.59 Å². The van der Waals surface area contributed by atoms with E-state index in [-0.39, 0.29) is 23.7 Å². The van der Waals surface area contributed by atoms with Crippen LogP contribution < -0.4 is 0 Å². The summed E-state index contributed by atoms with van der Waals surface area (Å²) in [5.41, 5.74) is 0.843. The van der Waals surface area contributed by atoms with Crippen LogP contribution in [0, 0.1) is 5.41 Å². The molecule has 108 valence electrons. The second kappa shape index (κ2) is 6.08. The summed E-state index contributed by atoms with van der Waals surface area (Å²) < 4.78 is 0.946. The fraction of sp³-hybridized carbons (Fsp3) is 0.500. The van der Waals surface area contributed by atoms with Gasteiger partial charge in [0.15, 0.2) is 5.78 Å². The van der Waals surface area contributed by atoms with Crippen LogP contribution in [0.2, 0.25) is 0 Å². The van der Waals surface area contributed by atoms with Crippen LogP contribution in [0.25, 0.3) is 0 Å². The SMILES string of the molecule is CC1(C)CCC(=O)N(CC(=O)c2ccc(Br)cc2)CC1. The van der Waals surface area contributed by atoms with Crippen molar-refractivity contribution in [1.29, 1.82) is 0 Å². The third-order valence-electron chi connectivity index (χ3n) is 3.93. The zero-order valence-corrected chi connectivity index (χ0v) is 13.6. The predicted molar refractivity (Wildman–Crippen MR) is 82.7 cm³/mol. The summed E-state index contributed by atoms with van der Waals surface area (Å²) in [5.74, 6) is 0.103. The van der Waals surface area contributed by atoms with Gasteiger partial charge in [-0.15, -0.1) is 0 Å². The van der Waals surface area contributed by atoms with Gasteiger partial charge in [0.1, 0.15) is 0 Å². The smallest absolute Gasteiger partial charge is 0.222 e. The van der Waals surface area contributed by atoms with Crippen LogP contribution in [0.5, 0.6) is 0 Å². The number of amides is 1. The van der Waals surface area contributed by atoms with Crippen LogP contribution in [0.1, 0.15) is 43.5 Å². The molecule has 1 aliphatic heterocycles. The molecule has 1 aromatic carbocycles. The molecule has 0 bridgehead atoms. The van der Waals surface area contributed by atoms with E-state index in [1.165, 1.54) is 0 Å². The molecule has 0 radical (unpaired) electrons. The number of hydrogen-bond donors (Lipinski definition) is 0. The molecule has 1 aromatic rings. The second-order valence-corrected chi connectivity index (χ2v) is 7.08. The lowest BCUT2D eigenvalue weighted by molar-refractivity contribution is -0.130. The molecule has 3 nitrogen and oxygen atoms in total. The lowest BCUT2D eigenvalue weighted by Gasteiger charge is -2.23. The molecule has 1 fully saturated rings. The molecular formula is C16H20BrNO2. The number of likely N-dealkylation sites (tertiary alicyclic amines) is 1. The lowest BCUT2D eigenvalue weighted by atomic mass is 9.85. The summed E-state index contributed by atoms with van der Waals surface area (Å²) in [6, 6.07) is 7.28. The Labute approximate surface area is 128 Å². The standard InChI is InChI=1S/C16H20BrNO2/c1-16(2)8-7-15(20)18(10-9-16)11-14(19)12-3-5-13(17)6-4-12/h3-6H,7-11H2,1-2H3. The van der Waals surface area contributed by atoms with Crippen molar-refractivity contribution in [1.82, 2.24) is 4.90 Å². The van der Waals surface area contributed by atoms with Crippen LogP contribution in [-0.2, 0) is 4.79 Å². The topological polar surface area (TPSA) is 37.4 Å². The van der Waals surface area contributed by atoms with Gasteiger partial charge in [0.05, 0.1) is 6.54 Å². The Morgan fingerprint density at radius 2 is 1.90 bits per heavy atom. The van der Waals surface area contributed by atoms with E-state index in [0.29, 0.717) is 18.5 Å². The minimum Gasteiger partial charge on any atom is -0.335 e. The number of ketones is 1. The van der Waals surface area contributed by atoms with Gasteiger partial charge in [-0.3, -0.25) is 9.59 Å². The number of benzene rings is 1. The number of Topliss-reactive ketones (excluding diaryl/α,β-unsaturated/α-hetero) is 1. The molecule has 0 unspecified atom stereocenters. The molecule has 2 rings (SSSR count). The van der Waals surface area contributed by atoms with E-state index in [1.807, 2.05) is 12.1 Å². The van der Waals surface area contributed by atoms with Gasteiger partial charge < -0.3 is 4.90 Å². The molecule has 0 aliphatic carbocycles. The van der Waals surface area contributed by atoms with Crippen LogP contribution in [-0.4, -0.2) is 29.7 Å². The maximum absolute atomic E-state index is 12.2. The average Bonchev–Trinajstić information content (AvgIpc) is 2.52. The van der Waals surface area contributed by atoms with Gasteiger partial charge in [0.2, 0.25) is 5.91 Å². The summed E-state index contributed by atoms with van der Waals surface area (Å²) in [5, 5.41) is 0. The molecule has 0 atom stereocenters. The van der Waals surface area contributed by atoms with Crippen molar-refractivity contribution in [2.75, 3.05) is 13.1 Å². The Morgan fingerprint density at radius 3 is 2.55 bits per heavy atom. The third-order valence-corrected chi connectivity index (χ3v) is 4.46. The molecule has 0 aromatic heterocycles. The van der Waals surface area contributed by atoms with E-state index < -0.39 is 0 Å². The molecular weight excluding hydrogens is 318 g/mol. The number of carbonyl (C=O) groups excluding carboxylic acids is 2. The summed E-state index contributed by atoms with van der Waals surface area (Å²) in [4.78, 5) is 26.0. The monoisotopic (exact) mass is 337 g/mol. The van der Waals surface area contributed by atoms with Crippen molar-refractivity contribution in [2.24, 2.45) is 5.41 Å². The van der Waals surface area contributed by atoms with E-state index in [4.69, 9.17) is 0 Å². The number of carbonyl (C=O) groups is 2. The average molecular weight is 338 g/mol. The van der Waals surface area contributed by atoms with Crippen molar-refractivity contribution < 1.29 is 9.59 Å². The van der Waals surface area contributed by atoms with Gasteiger partial charge in [0, 0.05) is 23.0 Å². The minimum atomic E-state index is 0.00514.